The molecule has 0 aliphatic carbocycles. The molecule has 29 heavy (non-hydrogen) atoms. The van der Waals surface area contributed by atoms with E-state index in [1.54, 1.807) is 29.0 Å². The standard InChI is InChI=1S/C22H30N2O5/c1-5-27-18-14-17(15-19(28-6-2)21(18)29-7-3)22(26)23-10-8-11-24-12-9-16(4)13-20(24)25/h9,12-15H,5-8,10-11H2,1-4H3,(H,23,26). The van der Waals surface area contributed by atoms with Crippen molar-refractivity contribution in [3.63, 3.8) is 0 Å². The van der Waals surface area contributed by atoms with Gasteiger partial charge < -0.3 is 24.1 Å². The molecule has 0 bridgehead atoms. The molecule has 7 nitrogen and oxygen atoms in total. The number of nitrogens with zero attached hydrogens (tertiary/aromatic N) is 1. The number of carbonyl (C=O) groups excluding carboxylic acids is 1. The van der Waals surface area contributed by atoms with Crippen LogP contribution >= 0.6 is 0 Å². The molecule has 1 aromatic carbocycles. The summed E-state index contributed by atoms with van der Waals surface area (Å²) >= 11 is 0. The molecular weight excluding hydrogens is 372 g/mol. The molecule has 1 N–H and O–H groups in total. The van der Waals surface area contributed by atoms with Crippen molar-refractivity contribution in [1.82, 2.24) is 9.88 Å². The van der Waals surface area contributed by atoms with Crippen molar-refractivity contribution in [2.24, 2.45) is 0 Å². The van der Waals surface area contributed by atoms with Gasteiger partial charge in [0.1, 0.15) is 0 Å². The predicted octanol–water partition coefficient (Wildman–Crippen LogP) is 3.17. The molecule has 2 rings (SSSR count). The number of rotatable bonds is 11. The zero-order valence-corrected chi connectivity index (χ0v) is 17.6. The van der Waals surface area contributed by atoms with Crippen molar-refractivity contribution in [1.29, 1.82) is 0 Å². The molecule has 0 saturated carbocycles. The van der Waals surface area contributed by atoms with Crippen LogP contribution in [0.3, 0.4) is 0 Å². The molecular formula is C22H30N2O5. The van der Waals surface area contributed by atoms with Crippen molar-refractivity contribution in [3.8, 4) is 17.2 Å². The van der Waals surface area contributed by atoms with Crippen LogP contribution in [-0.4, -0.2) is 36.8 Å². The lowest BCUT2D eigenvalue weighted by atomic mass is 10.1. The van der Waals surface area contributed by atoms with Gasteiger partial charge in [-0.1, -0.05) is 0 Å². The molecule has 0 spiro atoms. The molecule has 0 aliphatic rings. The number of carbonyl (C=O) groups is 1. The number of pyridine rings is 1. The number of ether oxygens (including phenoxy) is 3. The average Bonchev–Trinajstić information content (AvgIpc) is 2.69. The first-order chi connectivity index (χ1) is 14.0. The summed E-state index contributed by atoms with van der Waals surface area (Å²) in [5, 5.41) is 2.88. The Balaban J connectivity index is 2.05. The van der Waals surface area contributed by atoms with Crippen LogP contribution in [0.4, 0.5) is 0 Å². The highest BCUT2D eigenvalue weighted by molar-refractivity contribution is 5.95. The lowest BCUT2D eigenvalue weighted by Gasteiger charge is -2.17. The normalized spacial score (nSPS) is 10.5. The number of aryl methyl sites for hydroxylation is 2. The number of amides is 1. The minimum absolute atomic E-state index is 0.0365. The van der Waals surface area contributed by atoms with E-state index in [4.69, 9.17) is 14.2 Å². The maximum atomic E-state index is 12.6. The second-order valence-corrected chi connectivity index (χ2v) is 6.45. The van der Waals surface area contributed by atoms with Crippen LogP contribution in [0, 0.1) is 6.92 Å². The monoisotopic (exact) mass is 402 g/mol. The molecule has 2 aromatic rings. The van der Waals surface area contributed by atoms with Gasteiger partial charge in [0, 0.05) is 30.9 Å². The van der Waals surface area contributed by atoms with Crippen LogP contribution in [0.1, 0.15) is 43.1 Å². The van der Waals surface area contributed by atoms with Gasteiger partial charge in [0.2, 0.25) is 5.75 Å². The number of benzene rings is 1. The molecule has 0 radical (unpaired) electrons. The van der Waals surface area contributed by atoms with Crippen molar-refractivity contribution < 1.29 is 19.0 Å². The Labute approximate surface area is 171 Å². The topological polar surface area (TPSA) is 78.8 Å². The lowest BCUT2D eigenvalue weighted by molar-refractivity contribution is 0.0951. The Kier molecular flexibility index (Phi) is 8.58. The Bertz CT molecular complexity index is 849. The van der Waals surface area contributed by atoms with Gasteiger partial charge in [0.25, 0.3) is 11.5 Å². The van der Waals surface area contributed by atoms with Crippen molar-refractivity contribution in [2.45, 2.75) is 40.7 Å². The Morgan fingerprint density at radius 2 is 1.62 bits per heavy atom. The minimum atomic E-state index is -0.230. The zero-order chi connectivity index (χ0) is 21.2. The molecule has 0 unspecified atom stereocenters. The molecule has 1 aromatic heterocycles. The van der Waals surface area contributed by atoms with Crippen LogP contribution < -0.4 is 25.1 Å². The van der Waals surface area contributed by atoms with Gasteiger partial charge in [0.15, 0.2) is 11.5 Å². The second kappa shape index (κ2) is 11.1. The third-order valence-corrected chi connectivity index (χ3v) is 4.18. The summed E-state index contributed by atoms with van der Waals surface area (Å²) in [5.74, 6) is 1.24. The van der Waals surface area contributed by atoms with E-state index in [1.807, 2.05) is 33.8 Å². The van der Waals surface area contributed by atoms with E-state index in [0.717, 1.165) is 5.56 Å². The smallest absolute Gasteiger partial charge is 0.251 e. The van der Waals surface area contributed by atoms with Crippen molar-refractivity contribution in [2.75, 3.05) is 26.4 Å². The lowest BCUT2D eigenvalue weighted by Crippen LogP contribution is -2.27. The summed E-state index contributed by atoms with van der Waals surface area (Å²) in [6.45, 7) is 9.85. The fraction of sp³-hybridized carbons (Fsp3) is 0.455. The number of hydrogen-bond donors (Lipinski definition) is 1. The molecule has 1 heterocycles. The Morgan fingerprint density at radius 3 is 2.17 bits per heavy atom. The van der Waals surface area contributed by atoms with Crippen molar-refractivity contribution >= 4 is 5.91 Å². The predicted molar refractivity (Wildman–Crippen MR) is 112 cm³/mol. The summed E-state index contributed by atoms with van der Waals surface area (Å²) in [6, 6.07) is 6.82. The summed E-state index contributed by atoms with van der Waals surface area (Å²) in [4.78, 5) is 24.5. The quantitative estimate of drug-likeness (QED) is 0.584. The first-order valence-electron chi connectivity index (χ1n) is 10.0. The minimum Gasteiger partial charge on any atom is -0.490 e. The maximum absolute atomic E-state index is 12.6. The molecule has 0 fully saturated rings. The first-order valence-corrected chi connectivity index (χ1v) is 10.0. The van der Waals surface area contributed by atoms with Crippen LogP contribution in [0.5, 0.6) is 17.2 Å². The third kappa shape index (κ3) is 6.27. The van der Waals surface area contributed by atoms with E-state index in [-0.39, 0.29) is 11.5 Å². The van der Waals surface area contributed by atoms with E-state index in [0.29, 0.717) is 62.1 Å². The van der Waals surface area contributed by atoms with Crippen molar-refractivity contribution in [3.05, 3.63) is 51.9 Å². The van der Waals surface area contributed by atoms with Gasteiger partial charge in [-0.2, -0.15) is 0 Å². The molecule has 0 atom stereocenters. The van der Waals surface area contributed by atoms with Crippen LogP contribution in [0.15, 0.2) is 35.3 Å². The maximum Gasteiger partial charge on any atom is 0.251 e. The molecule has 1 amide bonds. The van der Waals surface area contributed by atoms with E-state index >= 15 is 0 Å². The zero-order valence-electron chi connectivity index (χ0n) is 17.6. The fourth-order valence-corrected chi connectivity index (χ4v) is 2.86. The molecule has 0 saturated heterocycles. The molecule has 158 valence electrons. The summed E-state index contributed by atoms with van der Waals surface area (Å²) in [6.07, 6.45) is 2.41. The number of nitrogens with one attached hydrogen (secondary N) is 1. The summed E-state index contributed by atoms with van der Waals surface area (Å²) in [7, 11) is 0. The third-order valence-electron chi connectivity index (χ3n) is 4.18. The fourth-order valence-electron chi connectivity index (χ4n) is 2.86. The Hall–Kier alpha value is -2.96. The highest BCUT2D eigenvalue weighted by Gasteiger charge is 2.18. The molecule has 7 heteroatoms. The van der Waals surface area contributed by atoms with E-state index in [9.17, 15) is 9.59 Å². The van der Waals surface area contributed by atoms with Gasteiger partial charge in [-0.25, -0.2) is 0 Å². The van der Waals surface area contributed by atoms with E-state index < -0.39 is 0 Å². The van der Waals surface area contributed by atoms with Gasteiger partial charge in [-0.05, 0) is 57.9 Å². The number of aromatic nitrogens is 1. The van der Waals surface area contributed by atoms with Gasteiger partial charge >= 0.3 is 0 Å². The average molecular weight is 402 g/mol. The summed E-state index contributed by atoms with van der Waals surface area (Å²) < 4.78 is 18.6. The SMILES string of the molecule is CCOc1cc(C(=O)NCCCn2ccc(C)cc2=O)cc(OCC)c1OCC. The summed E-state index contributed by atoms with van der Waals surface area (Å²) in [5.41, 5.74) is 1.34. The second-order valence-electron chi connectivity index (χ2n) is 6.45. The van der Waals surface area contributed by atoms with Crippen LogP contribution in [0.25, 0.3) is 0 Å². The molecule has 0 aliphatic heterocycles. The van der Waals surface area contributed by atoms with Crippen LogP contribution in [-0.2, 0) is 6.54 Å². The first kappa shape index (κ1) is 22.3. The van der Waals surface area contributed by atoms with Gasteiger partial charge in [0.05, 0.1) is 19.8 Å². The highest BCUT2D eigenvalue weighted by atomic mass is 16.5. The van der Waals surface area contributed by atoms with E-state index in [1.165, 1.54) is 0 Å². The number of hydrogen-bond acceptors (Lipinski definition) is 5. The van der Waals surface area contributed by atoms with Gasteiger partial charge in [-0.15, -0.1) is 0 Å². The van der Waals surface area contributed by atoms with Crippen LogP contribution in [0.2, 0.25) is 0 Å². The highest BCUT2D eigenvalue weighted by Crippen LogP contribution is 2.39. The Morgan fingerprint density at radius 1 is 1.00 bits per heavy atom. The van der Waals surface area contributed by atoms with Gasteiger partial charge in [-0.3, -0.25) is 9.59 Å². The van der Waals surface area contributed by atoms with E-state index in [2.05, 4.69) is 5.32 Å². The largest absolute Gasteiger partial charge is 0.490 e.